The molecule has 1 heterocycles. The Morgan fingerprint density at radius 3 is 2.26 bits per heavy atom. The van der Waals surface area contributed by atoms with Crippen LogP contribution in [0.25, 0.3) is 11.3 Å². The van der Waals surface area contributed by atoms with Crippen LogP contribution in [0.4, 0.5) is 19.0 Å². The Bertz CT molecular complexity index is 583. The third kappa shape index (κ3) is 2.45. The van der Waals surface area contributed by atoms with Gasteiger partial charge in [-0.2, -0.15) is 13.2 Å². The summed E-state index contributed by atoms with van der Waals surface area (Å²) in [7, 11) is 0. The van der Waals surface area contributed by atoms with Gasteiger partial charge in [-0.05, 0) is 32.0 Å². The molecule has 0 aliphatic carbocycles. The summed E-state index contributed by atoms with van der Waals surface area (Å²) >= 11 is 0. The zero-order chi connectivity index (χ0) is 14.2. The molecule has 2 nitrogen and oxygen atoms in total. The SMILES string of the molecule is CC(C)n1c(N)ccc1-c1ccccc1C(F)(F)F. The van der Waals surface area contributed by atoms with Crippen molar-refractivity contribution in [3.8, 4) is 11.3 Å². The predicted molar refractivity (Wildman–Crippen MR) is 69.7 cm³/mol. The average Bonchev–Trinajstić information content (AvgIpc) is 2.70. The summed E-state index contributed by atoms with van der Waals surface area (Å²) < 4.78 is 40.8. The van der Waals surface area contributed by atoms with Gasteiger partial charge in [0.15, 0.2) is 0 Å². The molecule has 0 fully saturated rings. The normalized spacial score (nSPS) is 12.1. The van der Waals surface area contributed by atoms with Crippen LogP contribution in [0.3, 0.4) is 0 Å². The largest absolute Gasteiger partial charge is 0.417 e. The van der Waals surface area contributed by atoms with Crippen LogP contribution in [-0.4, -0.2) is 4.57 Å². The van der Waals surface area contributed by atoms with E-state index in [1.807, 2.05) is 13.8 Å². The Hall–Kier alpha value is -1.91. The second kappa shape index (κ2) is 4.64. The van der Waals surface area contributed by atoms with Crippen molar-refractivity contribution in [2.45, 2.75) is 26.1 Å². The van der Waals surface area contributed by atoms with Crippen molar-refractivity contribution in [3.63, 3.8) is 0 Å². The van der Waals surface area contributed by atoms with E-state index in [1.54, 1.807) is 22.8 Å². The molecule has 0 amide bonds. The van der Waals surface area contributed by atoms with E-state index < -0.39 is 11.7 Å². The van der Waals surface area contributed by atoms with Gasteiger partial charge in [0.05, 0.1) is 11.3 Å². The first-order valence-electron chi connectivity index (χ1n) is 5.95. The molecule has 2 N–H and O–H groups in total. The second-order valence-corrected chi connectivity index (χ2v) is 4.65. The molecule has 19 heavy (non-hydrogen) atoms. The van der Waals surface area contributed by atoms with Crippen molar-refractivity contribution < 1.29 is 13.2 Å². The molecule has 0 atom stereocenters. The lowest BCUT2D eigenvalue weighted by Gasteiger charge is -2.18. The number of hydrogen-bond acceptors (Lipinski definition) is 1. The van der Waals surface area contributed by atoms with Crippen LogP contribution < -0.4 is 5.73 Å². The second-order valence-electron chi connectivity index (χ2n) is 4.65. The molecule has 0 spiro atoms. The zero-order valence-corrected chi connectivity index (χ0v) is 10.7. The summed E-state index contributed by atoms with van der Waals surface area (Å²) in [6.45, 7) is 3.77. The van der Waals surface area contributed by atoms with E-state index in [2.05, 4.69) is 0 Å². The van der Waals surface area contributed by atoms with Crippen LogP contribution in [0.5, 0.6) is 0 Å². The molecule has 2 rings (SSSR count). The number of hydrogen-bond donors (Lipinski definition) is 1. The molecule has 0 unspecified atom stereocenters. The first-order chi connectivity index (χ1) is 8.82. The van der Waals surface area contributed by atoms with Crippen molar-refractivity contribution in [1.29, 1.82) is 0 Å². The maximum Gasteiger partial charge on any atom is 0.417 e. The van der Waals surface area contributed by atoms with Gasteiger partial charge in [-0.25, -0.2) is 0 Å². The number of benzene rings is 1. The van der Waals surface area contributed by atoms with E-state index in [0.717, 1.165) is 6.07 Å². The fourth-order valence-electron chi connectivity index (χ4n) is 2.21. The summed E-state index contributed by atoms with van der Waals surface area (Å²) in [4.78, 5) is 0. The number of nitrogens with zero attached hydrogens (tertiary/aromatic N) is 1. The third-order valence-corrected chi connectivity index (χ3v) is 2.97. The van der Waals surface area contributed by atoms with Crippen LogP contribution in [-0.2, 0) is 6.18 Å². The Morgan fingerprint density at radius 1 is 1.05 bits per heavy atom. The number of nitrogen functional groups attached to an aromatic ring is 1. The highest BCUT2D eigenvalue weighted by molar-refractivity contribution is 5.68. The van der Waals surface area contributed by atoms with Crippen molar-refractivity contribution in [2.75, 3.05) is 5.73 Å². The van der Waals surface area contributed by atoms with E-state index in [9.17, 15) is 13.2 Å². The van der Waals surface area contributed by atoms with Gasteiger partial charge in [0.1, 0.15) is 5.82 Å². The van der Waals surface area contributed by atoms with Crippen LogP contribution in [0.15, 0.2) is 36.4 Å². The van der Waals surface area contributed by atoms with Crippen molar-refractivity contribution in [1.82, 2.24) is 4.57 Å². The van der Waals surface area contributed by atoms with Gasteiger partial charge in [-0.1, -0.05) is 18.2 Å². The van der Waals surface area contributed by atoms with Crippen molar-refractivity contribution in [2.24, 2.45) is 0 Å². The fraction of sp³-hybridized carbons (Fsp3) is 0.286. The molecule has 5 heteroatoms. The first-order valence-corrected chi connectivity index (χ1v) is 5.95. The quantitative estimate of drug-likeness (QED) is 0.863. The van der Waals surface area contributed by atoms with Crippen molar-refractivity contribution >= 4 is 5.82 Å². The minimum atomic E-state index is -4.38. The fourth-order valence-corrected chi connectivity index (χ4v) is 2.21. The van der Waals surface area contributed by atoms with Crippen LogP contribution >= 0.6 is 0 Å². The number of anilines is 1. The lowest BCUT2D eigenvalue weighted by Crippen LogP contribution is -2.11. The van der Waals surface area contributed by atoms with Crippen LogP contribution in [0, 0.1) is 0 Å². The summed E-state index contributed by atoms with van der Waals surface area (Å²) in [5, 5.41) is 0. The topological polar surface area (TPSA) is 30.9 Å². The first kappa shape index (κ1) is 13.5. The van der Waals surface area contributed by atoms with Gasteiger partial charge in [0.2, 0.25) is 0 Å². The van der Waals surface area contributed by atoms with E-state index >= 15 is 0 Å². The summed E-state index contributed by atoms with van der Waals surface area (Å²) in [6, 6.07) is 8.78. The molecule has 102 valence electrons. The molecule has 0 aliphatic rings. The highest BCUT2D eigenvalue weighted by atomic mass is 19.4. The smallest absolute Gasteiger partial charge is 0.385 e. The maximum absolute atomic E-state index is 13.0. The molecule has 2 aromatic rings. The van der Waals surface area contributed by atoms with Gasteiger partial charge in [0.25, 0.3) is 0 Å². The molecule has 0 radical (unpaired) electrons. The lowest BCUT2D eigenvalue weighted by molar-refractivity contribution is -0.137. The van der Waals surface area contributed by atoms with E-state index in [-0.39, 0.29) is 11.6 Å². The molecular formula is C14H15F3N2. The average molecular weight is 268 g/mol. The Kier molecular flexibility index (Phi) is 3.30. The van der Waals surface area contributed by atoms with Crippen LogP contribution in [0.1, 0.15) is 25.5 Å². The van der Waals surface area contributed by atoms with Gasteiger partial charge in [-0.15, -0.1) is 0 Å². The van der Waals surface area contributed by atoms with Gasteiger partial charge in [0, 0.05) is 11.6 Å². The molecule has 1 aromatic heterocycles. The summed E-state index contributed by atoms with van der Waals surface area (Å²) in [5.41, 5.74) is 5.82. The number of rotatable bonds is 2. The Labute approximate surface area is 109 Å². The molecule has 0 aliphatic heterocycles. The molecular weight excluding hydrogens is 253 g/mol. The number of alkyl halides is 3. The molecule has 0 saturated heterocycles. The van der Waals surface area contributed by atoms with E-state index in [1.165, 1.54) is 12.1 Å². The molecule has 0 bridgehead atoms. The Balaban J connectivity index is 2.67. The third-order valence-electron chi connectivity index (χ3n) is 2.97. The van der Waals surface area contributed by atoms with Gasteiger partial charge < -0.3 is 10.3 Å². The summed E-state index contributed by atoms with van der Waals surface area (Å²) in [6.07, 6.45) is -4.38. The zero-order valence-electron chi connectivity index (χ0n) is 10.7. The molecule has 0 saturated carbocycles. The summed E-state index contributed by atoms with van der Waals surface area (Å²) in [5.74, 6) is 0.460. The predicted octanol–water partition coefficient (Wildman–Crippen LogP) is 4.34. The number of nitrogens with two attached hydrogens (primary N) is 1. The van der Waals surface area contributed by atoms with Crippen LogP contribution in [0.2, 0.25) is 0 Å². The van der Waals surface area contributed by atoms with Gasteiger partial charge in [-0.3, -0.25) is 0 Å². The number of aromatic nitrogens is 1. The highest BCUT2D eigenvalue weighted by Crippen LogP contribution is 2.38. The molecule has 1 aromatic carbocycles. The minimum Gasteiger partial charge on any atom is -0.385 e. The highest BCUT2D eigenvalue weighted by Gasteiger charge is 2.34. The van der Waals surface area contributed by atoms with Crippen molar-refractivity contribution in [3.05, 3.63) is 42.0 Å². The monoisotopic (exact) mass is 268 g/mol. The minimum absolute atomic E-state index is 0.00807. The Morgan fingerprint density at radius 2 is 1.68 bits per heavy atom. The number of halogens is 3. The van der Waals surface area contributed by atoms with E-state index in [0.29, 0.717) is 11.5 Å². The maximum atomic E-state index is 13.0. The van der Waals surface area contributed by atoms with Gasteiger partial charge >= 0.3 is 6.18 Å². The standard InChI is InChI=1S/C14H15F3N2/c1-9(2)19-12(7-8-13(19)18)10-5-3-4-6-11(10)14(15,16)17/h3-9H,18H2,1-2H3. The van der Waals surface area contributed by atoms with E-state index in [4.69, 9.17) is 5.73 Å². The lowest BCUT2D eigenvalue weighted by atomic mass is 10.0.